The van der Waals surface area contributed by atoms with Gasteiger partial charge in [-0.1, -0.05) is 36.0 Å². The Labute approximate surface area is 245 Å². The molecule has 1 aromatic heterocycles. The molecule has 5 rings (SSSR count). The molecule has 0 saturated carbocycles. The Bertz CT molecular complexity index is 1650. The lowest BCUT2D eigenvalue weighted by atomic mass is 10.1. The Morgan fingerprint density at radius 2 is 1.88 bits per heavy atom. The van der Waals surface area contributed by atoms with Crippen LogP contribution in [-0.2, 0) is 20.8 Å². The summed E-state index contributed by atoms with van der Waals surface area (Å²) >= 11 is 4.64. The average molecular weight is 612 g/mol. The summed E-state index contributed by atoms with van der Waals surface area (Å²) in [5, 5.41) is 6.72. The molecule has 0 atom stereocenters. The highest BCUT2D eigenvalue weighted by atomic mass is 32.2. The van der Waals surface area contributed by atoms with Gasteiger partial charge in [-0.05, 0) is 48.9 Å². The average Bonchev–Trinajstić information content (AvgIpc) is 3.36. The molecule has 0 unspecified atom stereocenters. The molecule has 2 heterocycles. The smallest absolute Gasteiger partial charge is 0.264 e. The van der Waals surface area contributed by atoms with E-state index in [9.17, 15) is 18.0 Å². The van der Waals surface area contributed by atoms with Crippen molar-refractivity contribution < 1.29 is 22.2 Å². The van der Waals surface area contributed by atoms with Crippen LogP contribution in [0.1, 0.15) is 32.0 Å². The van der Waals surface area contributed by atoms with Gasteiger partial charge in [0.2, 0.25) is 0 Å². The third-order valence-corrected chi connectivity index (χ3v) is 9.67. The van der Waals surface area contributed by atoms with Crippen LogP contribution in [0.4, 0.5) is 5.69 Å². The fourth-order valence-electron chi connectivity index (χ4n) is 3.85. The highest BCUT2D eigenvalue weighted by Crippen LogP contribution is 2.39. The Balaban J connectivity index is 1.14. The van der Waals surface area contributed by atoms with Gasteiger partial charge in [0.25, 0.3) is 21.9 Å². The molecule has 0 aliphatic carbocycles. The fraction of sp³-hybridized carbons (Fsp3) is 0.179. The first-order valence-electron chi connectivity index (χ1n) is 12.3. The maximum atomic E-state index is 12.9. The summed E-state index contributed by atoms with van der Waals surface area (Å²) in [6.45, 7) is 0.517. The van der Waals surface area contributed by atoms with E-state index < -0.39 is 10.1 Å². The second-order valence-electron chi connectivity index (χ2n) is 8.83. The first-order valence-corrected chi connectivity index (χ1v) is 16.7. The molecule has 40 heavy (non-hydrogen) atoms. The van der Waals surface area contributed by atoms with E-state index in [0.717, 1.165) is 42.1 Å². The molecule has 0 fully saturated rings. The first-order chi connectivity index (χ1) is 19.2. The highest BCUT2D eigenvalue weighted by molar-refractivity contribution is 7.99. The summed E-state index contributed by atoms with van der Waals surface area (Å²) < 4.78 is 26.8. The van der Waals surface area contributed by atoms with Gasteiger partial charge < -0.3 is 10.6 Å². The number of rotatable bonds is 10. The van der Waals surface area contributed by atoms with Gasteiger partial charge in [-0.25, -0.2) is 4.98 Å². The molecule has 0 radical (unpaired) electrons. The Kier molecular flexibility index (Phi) is 8.91. The topological polar surface area (TPSA) is 114 Å². The van der Waals surface area contributed by atoms with Crippen molar-refractivity contribution in [2.75, 3.05) is 23.9 Å². The molecule has 2 N–H and O–H groups in total. The zero-order valence-corrected chi connectivity index (χ0v) is 24.6. The molecular weight excluding hydrogens is 587 g/mol. The number of fused-ring (bicyclic) bond motifs is 2. The van der Waals surface area contributed by atoms with E-state index in [-0.39, 0.29) is 18.4 Å². The number of nitrogens with one attached hydrogen (secondary N) is 2. The zero-order chi connectivity index (χ0) is 28.1. The molecule has 2 amide bonds. The minimum atomic E-state index is -3.39. The molecule has 3 aromatic carbocycles. The van der Waals surface area contributed by atoms with Gasteiger partial charge in [0.1, 0.15) is 5.01 Å². The van der Waals surface area contributed by atoms with E-state index in [0.29, 0.717) is 29.8 Å². The monoisotopic (exact) mass is 611 g/mol. The number of amides is 2. The fourth-order valence-corrected chi connectivity index (χ4v) is 6.97. The van der Waals surface area contributed by atoms with Crippen LogP contribution in [-0.4, -0.2) is 43.8 Å². The number of benzene rings is 3. The molecule has 12 heteroatoms. The van der Waals surface area contributed by atoms with Crippen molar-refractivity contribution in [3.8, 4) is 10.6 Å². The van der Waals surface area contributed by atoms with Crippen LogP contribution in [0.15, 0.2) is 87.6 Å². The molecular formula is C28H25N3O5S4. The van der Waals surface area contributed by atoms with Gasteiger partial charge in [-0.15, -0.1) is 23.1 Å². The number of hydrogen-bond acceptors (Lipinski definition) is 9. The lowest BCUT2D eigenvalue weighted by molar-refractivity contribution is 0.0949. The number of thioether (sulfide) groups is 1. The van der Waals surface area contributed by atoms with E-state index in [1.54, 1.807) is 36.2 Å². The lowest BCUT2D eigenvalue weighted by Crippen LogP contribution is -2.22. The number of thiazole rings is 1. The van der Waals surface area contributed by atoms with Gasteiger partial charge in [-0.2, -0.15) is 8.42 Å². The Morgan fingerprint density at radius 3 is 2.67 bits per heavy atom. The molecule has 1 aliphatic rings. The largest absolute Gasteiger partial charge is 0.347 e. The van der Waals surface area contributed by atoms with Crippen LogP contribution >= 0.6 is 34.9 Å². The molecule has 0 saturated heterocycles. The second-order valence-corrected chi connectivity index (χ2v) is 13.8. The Hall–Kier alpha value is -3.16. The summed E-state index contributed by atoms with van der Waals surface area (Å²) in [6, 6.07) is 20.8. The first kappa shape index (κ1) is 28.4. The minimum Gasteiger partial charge on any atom is -0.347 e. The quantitative estimate of drug-likeness (QED) is 0.129. The second kappa shape index (κ2) is 12.6. The number of hydrogen-bond donors (Lipinski definition) is 2. The van der Waals surface area contributed by atoms with E-state index in [1.165, 1.54) is 23.1 Å². The Morgan fingerprint density at radius 1 is 1.07 bits per heavy atom. The van der Waals surface area contributed by atoms with Crippen LogP contribution < -0.4 is 10.6 Å². The van der Waals surface area contributed by atoms with Crippen LogP contribution in [0.3, 0.4) is 0 Å². The van der Waals surface area contributed by atoms with Crippen molar-refractivity contribution >= 4 is 62.5 Å². The number of carbonyl (C=O) groups excluding carboxylic acids is 2. The van der Waals surface area contributed by atoms with Crippen LogP contribution in [0.25, 0.3) is 10.6 Å². The summed E-state index contributed by atoms with van der Waals surface area (Å²) in [6.07, 6.45) is 3.44. The van der Waals surface area contributed by atoms with Crippen LogP contribution in [0, 0.1) is 0 Å². The summed E-state index contributed by atoms with van der Waals surface area (Å²) in [5.74, 6) is 0.323. The van der Waals surface area contributed by atoms with Gasteiger partial charge in [0.15, 0.2) is 0 Å². The predicted octanol–water partition coefficient (Wildman–Crippen LogP) is 5.92. The van der Waals surface area contributed by atoms with Crippen molar-refractivity contribution in [3.05, 3.63) is 88.9 Å². The van der Waals surface area contributed by atoms with E-state index in [2.05, 4.69) is 15.6 Å². The third-order valence-electron chi connectivity index (χ3n) is 5.77. The predicted molar refractivity (Wildman–Crippen MR) is 160 cm³/mol. The molecule has 0 spiro atoms. The van der Waals surface area contributed by atoms with Crippen molar-refractivity contribution in [1.29, 1.82) is 0 Å². The SMILES string of the molecule is CS(=O)(=O)OCCCSc1ccc(-c2ncc(CNC(=O)c3ccc4c(c3)NC(=O)c3ccccc3S4)s2)cc1. The van der Waals surface area contributed by atoms with E-state index >= 15 is 0 Å². The van der Waals surface area contributed by atoms with Gasteiger partial charge in [-0.3, -0.25) is 13.8 Å². The van der Waals surface area contributed by atoms with Gasteiger partial charge in [0.05, 0.1) is 30.7 Å². The van der Waals surface area contributed by atoms with E-state index in [1.807, 2.05) is 48.5 Å². The molecule has 8 nitrogen and oxygen atoms in total. The summed E-state index contributed by atoms with van der Waals surface area (Å²) in [4.78, 5) is 33.8. The van der Waals surface area contributed by atoms with Crippen molar-refractivity contribution in [2.24, 2.45) is 0 Å². The normalized spacial score (nSPS) is 12.7. The maximum absolute atomic E-state index is 12.9. The van der Waals surface area contributed by atoms with Crippen molar-refractivity contribution in [1.82, 2.24) is 10.3 Å². The number of nitrogens with zero attached hydrogens (tertiary/aromatic N) is 1. The zero-order valence-electron chi connectivity index (χ0n) is 21.4. The molecule has 4 aromatic rings. The molecule has 206 valence electrons. The standard InChI is InChI=1S/C28H25N3O5S4/c1-40(34,35)36-13-4-14-37-20-10-7-18(8-11-20)28-30-17-21(38-28)16-29-26(32)19-9-12-25-23(15-19)31-27(33)22-5-2-3-6-24(22)39-25/h2-3,5-12,15,17H,4,13-14,16H2,1H3,(H,29,32)(H,31,33). The van der Waals surface area contributed by atoms with Crippen LogP contribution in [0.5, 0.6) is 0 Å². The number of carbonyl (C=O) groups is 2. The van der Waals surface area contributed by atoms with Gasteiger partial charge >= 0.3 is 0 Å². The lowest BCUT2D eigenvalue weighted by Gasteiger charge is -2.09. The number of anilines is 1. The molecule has 0 bridgehead atoms. The van der Waals surface area contributed by atoms with Gasteiger partial charge in [0, 0.05) is 42.6 Å². The molecule has 1 aliphatic heterocycles. The van der Waals surface area contributed by atoms with Crippen molar-refractivity contribution in [3.63, 3.8) is 0 Å². The van der Waals surface area contributed by atoms with E-state index in [4.69, 9.17) is 4.18 Å². The summed E-state index contributed by atoms with van der Waals surface area (Å²) in [5.41, 5.74) is 2.67. The van der Waals surface area contributed by atoms with Crippen LogP contribution in [0.2, 0.25) is 0 Å². The van der Waals surface area contributed by atoms with Crippen molar-refractivity contribution in [2.45, 2.75) is 27.7 Å². The third kappa shape index (κ3) is 7.32. The number of aromatic nitrogens is 1. The minimum absolute atomic E-state index is 0.180. The summed E-state index contributed by atoms with van der Waals surface area (Å²) in [7, 11) is -3.39. The maximum Gasteiger partial charge on any atom is 0.264 e. The highest BCUT2D eigenvalue weighted by Gasteiger charge is 2.21.